The Bertz CT molecular complexity index is 1240. The Morgan fingerprint density at radius 2 is 1.94 bits per heavy atom. The molecule has 0 saturated carbocycles. The summed E-state index contributed by atoms with van der Waals surface area (Å²) in [6.07, 6.45) is 5.75. The number of methoxy groups -OCH3 is 1. The average Bonchev–Trinajstić information content (AvgIpc) is 3.40. The molecule has 3 aromatic heterocycles. The van der Waals surface area contributed by atoms with Crippen LogP contribution in [-0.4, -0.2) is 45.2 Å². The molecule has 0 atom stereocenters. The molecule has 0 bridgehead atoms. The third-order valence-corrected chi connectivity index (χ3v) is 6.63. The first-order valence-corrected chi connectivity index (χ1v) is 10.9. The van der Waals surface area contributed by atoms with Gasteiger partial charge in [0.1, 0.15) is 5.69 Å². The topological polar surface area (TPSA) is 80.6 Å². The summed E-state index contributed by atoms with van der Waals surface area (Å²) in [5.74, 6) is 0.575. The van der Waals surface area contributed by atoms with Crippen LogP contribution in [0, 0.1) is 13.8 Å². The van der Waals surface area contributed by atoms with Crippen molar-refractivity contribution in [2.75, 3.05) is 20.2 Å². The standard InChI is InChI=1S/C23H25ClN6O/c1-13-10-18-17(12-27-28-18)21(22(13)24)20-14(2)30(16-6-8-25-9-7-16)29-23(20)15-4-5-19(31-3)26-11-15/h4-5,10-12,16,25H,6-9H2,1-3H3,(H,27,28). The van der Waals surface area contributed by atoms with Gasteiger partial charge in [-0.15, -0.1) is 0 Å². The number of fused-ring (bicyclic) bond motifs is 1. The van der Waals surface area contributed by atoms with Crippen molar-refractivity contribution in [2.24, 2.45) is 0 Å². The molecular weight excluding hydrogens is 412 g/mol. The van der Waals surface area contributed by atoms with E-state index in [2.05, 4.69) is 32.1 Å². The average molecular weight is 437 g/mol. The molecule has 2 N–H and O–H groups in total. The normalized spacial score (nSPS) is 15.0. The summed E-state index contributed by atoms with van der Waals surface area (Å²) < 4.78 is 7.43. The van der Waals surface area contributed by atoms with E-state index in [1.165, 1.54) is 0 Å². The van der Waals surface area contributed by atoms with Crippen LogP contribution >= 0.6 is 11.6 Å². The predicted octanol–water partition coefficient (Wildman–Crippen LogP) is 4.69. The first-order chi connectivity index (χ1) is 15.1. The number of aryl methyl sites for hydroxylation is 1. The SMILES string of the molecule is COc1ccc(-c2nn(C3CCNCC3)c(C)c2-c2c(Cl)c(C)cc3[nH]ncc23)cn1. The second kappa shape index (κ2) is 7.98. The lowest BCUT2D eigenvalue weighted by molar-refractivity contribution is 0.339. The van der Waals surface area contributed by atoms with Gasteiger partial charge in [0, 0.05) is 40.0 Å². The van der Waals surface area contributed by atoms with Crippen LogP contribution in [0.5, 0.6) is 5.88 Å². The fourth-order valence-electron chi connectivity index (χ4n) is 4.51. The van der Waals surface area contributed by atoms with Crippen LogP contribution < -0.4 is 10.1 Å². The molecule has 4 heterocycles. The number of hydrogen-bond donors (Lipinski definition) is 2. The molecule has 4 aromatic rings. The van der Waals surface area contributed by atoms with Crippen molar-refractivity contribution >= 4 is 22.5 Å². The lowest BCUT2D eigenvalue weighted by atomic mass is 9.95. The van der Waals surface area contributed by atoms with E-state index in [-0.39, 0.29) is 0 Å². The molecule has 0 aliphatic carbocycles. The number of halogens is 1. The minimum absolute atomic E-state index is 0.350. The van der Waals surface area contributed by atoms with Crippen LogP contribution in [-0.2, 0) is 0 Å². The van der Waals surface area contributed by atoms with Crippen molar-refractivity contribution < 1.29 is 4.74 Å². The fourth-order valence-corrected chi connectivity index (χ4v) is 4.76. The zero-order valence-corrected chi connectivity index (χ0v) is 18.6. The van der Waals surface area contributed by atoms with Gasteiger partial charge in [-0.25, -0.2) is 4.98 Å². The first kappa shape index (κ1) is 20.0. The molecule has 8 heteroatoms. The quantitative estimate of drug-likeness (QED) is 0.485. The van der Waals surface area contributed by atoms with Gasteiger partial charge in [0.05, 0.1) is 29.9 Å². The largest absolute Gasteiger partial charge is 0.481 e. The molecule has 0 unspecified atom stereocenters. The Morgan fingerprint density at radius 3 is 2.65 bits per heavy atom. The van der Waals surface area contributed by atoms with E-state index < -0.39 is 0 Å². The van der Waals surface area contributed by atoms with Gasteiger partial charge in [-0.05, 0) is 57.5 Å². The zero-order valence-electron chi connectivity index (χ0n) is 17.9. The molecule has 1 aliphatic rings. The van der Waals surface area contributed by atoms with Gasteiger partial charge in [0.2, 0.25) is 5.88 Å². The van der Waals surface area contributed by atoms with Gasteiger partial charge >= 0.3 is 0 Å². The Balaban J connectivity index is 1.78. The minimum Gasteiger partial charge on any atom is -0.481 e. The summed E-state index contributed by atoms with van der Waals surface area (Å²) in [5.41, 5.74) is 6.88. The van der Waals surface area contributed by atoms with Crippen LogP contribution in [0.3, 0.4) is 0 Å². The Kier molecular flexibility index (Phi) is 5.16. The first-order valence-electron chi connectivity index (χ1n) is 10.5. The highest BCUT2D eigenvalue weighted by Crippen LogP contribution is 2.44. The highest BCUT2D eigenvalue weighted by Gasteiger charge is 2.27. The molecule has 31 heavy (non-hydrogen) atoms. The van der Waals surface area contributed by atoms with Gasteiger partial charge < -0.3 is 10.1 Å². The van der Waals surface area contributed by atoms with Crippen molar-refractivity contribution in [2.45, 2.75) is 32.7 Å². The van der Waals surface area contributed by atoms with Crippen molar-refractivity contribution in [1.29, 1.82) is 0 Å². The molecule has 0 radical (unpaired) electrons. The Morgan fingerprint density at radius 1 is 1.13 bits per heavy atom. The van der Waals surface area contributed by atoms with E-state index in [1.807, 2.05) is 37.5 Å². The molecule has 1 aliphatic heterocycles. The maximum absolute atomic E-state index is 6.91. The van der Waals surface area contributed by atoms with E-state index in [9.17, 15) is 0 Å². The van der Waals surface area contributed by atoms with E-state index in [0.29, 0.717) is 11.9 Å². The van der Waals surface area contributed by atoms with Crippen molar-refractivity contribution in [3.05, 3.63) is 46.9 Å². The van der Waals surface area contributed by atoms with Gasteiger partial charge in [0.25, 0.3) is 0 Å². The Hall–Kier alpha value is -2.90. The maximum Gasteiger partial charge on any atom is 0.212 e. The summed E-state index contributed by atoms with van der Waals surface area (Å²) in [6, 6.07) is 6.25. The van der Waals surface area contributed by atoms with Crippen molar-refractivity contribution in [1.82, 2.24) is 30.3 Å². The molecule has 160 valence electrons. The van der Waals surface area contributed by atoms with Crippen LogP contribution in [0.25, 0.3) is 33.3 Å². The number of nitrogens with zero attached hydrogens (tertiary/aromatic N) is 4. The van der Waals surface area contributed by atoms with E-state index in [0.717, 1.165) is 75.5 Å². The number of nitrogens with one attached hydrogen (secondary N) is 2. The van der Waals surface area contributed by atoms with Gasteiger partial charge in [-0.2, -0.15) is 10.2 Å². The Labute approximate surface area is 185 Å². The van der Waals surface area contributed by atoms with Crippen molar-refractivity contribution in [3.8, 4) is 28.3 Å². The summed E-state index contributed by atoms with van der Waals surface area (Å²) in [4.78, 5) is 4.42. The highest BCUT2D eigenvalue weighted by atomic mass is 35.5. The zero-order chi connectivity index (χ0) is 21.5. The van der Waals surface area contributed by atoms with Crippen LogP contribution in [0.15, 0.2) is 30.6 Å². The molecule has 1 aromatic carbocycles. The maximum atomic E-state index is 6.91. The molecular formula is C23H25ClN6O. The lowest BCUT2D eigenvalue weighted by Gasteiger charge is -2.24. The summed E-state index contributed by atoms with van der Waals surface area (Å²) in [6.45, 7) is 6.15. The number of benzene rings is 1. The van der Waals surface area contributed by atoms with Gasteiger partial charge in [-0.1, -0.05) is 11.6 Å². The number of hydrogen-bond acceptors (Lipinski definition) is 5. The highest BCUT2D eigenvalue weighted by molar-refractivity contribution is 6.36. The molecule has 1 saturated heterocycles. The number of ether oxygens (including phenoxy) is 1. The number of rotatable bonds is 4. The number of aromatic nitrogens is 5. The molecule has 5 rings (SSSR count). The molecule has 1 fully saturated rings. The van der Waals surface area contributed by atoms with Gasteiger partial charge in [-0.3, -0.25) is 9.78 Å². The van der Waals surface area contributed by atoms with Crippen LogP contribution in [0.4, 0.5) is 0 Å². The second-order valence-corrected chi connectivity index (χ2v) is 8.42. The molecule has 7 nitrogen and oxygen atoms in total. The monoisotopic (exact) mass is 436 g/mol. The summed E-state index contributed by atoms with van der Waals surface area (Å²) >= 11 is 6.91. The number of aromatic amines is 1. The third kappa shape index (κ3) is 3.38. The van der Waals surface area contributed by atoms with E-state index in [4.69, 9.17) is 21.4 Å². The number of H-pyrrole nitrogens is 1. The molecule has 0 amide bonds. The van der Waals surface area contributed by atoms with Gasteiger partial charge in [0.15, 0.2) is 0 Å². The lowest BCUT2D eigenvalue weighted by Crippen LogP contribution is -2.30. The number of pyridine rings is 1. The summed E-state index contributed by atoms with van der Waals surface area (Å²) in [5, 5.41) is 17.6. The number of piperidine rings is 1. The molecule has 0 spiro atoms. The van der Waals surface area contributed by atoms with Crippen LogP contribution in [0.1, 0.15) is 30.1 Å². The fraction of sp³-hybridized carbons (Fsp3) is 0.348. The second-order valence-electron chi connectivity index (χ2n) is 8.04. The third-order valence-electron chi connectivity index (χ3n) is 6.14. The van der Waals surface area contributed by atoms with E-state index in [1.54, 1.807) is 7.11 Å². The van der Waals surface area contributed by atoms with Crippen LogP contribution in [0.2, 0.25) is 5.02 Å². The minimum atomic E-state index is 0.350. The smallest absolute Gasteiger partial charge is 0.212 e. The predicted molar refractivity (Wildman–Crippen MR) is 123 cm³/mol. The van der Waals surface area contributed by atoms with E-state index >= 15 is 0 Å². The summed E-state index contributed by atoms with van der Waals surface area (Å²) in [7, 11) is 1.62. The van der Waals surface area contributed by atoms with Crippen molar-refractivity contribution in [3.63, 3.8) is 0 Å².